The SMILES string of the molecule is Cc1ncc(-c2nc(C#N)cn2Cc2ncc(Cl)cn2)cn1. The van der Waals surface area contributed by atoms with Crippen molar-refractivity contribution in [2.75, 3.05) is 0 Å². The highest BCUT2D eigenvalue weighted by Crippen LogP contribution is 2.18. The van der Waals surface area contributed by atoms with Crippen molar-refractivity contribution in [3.8, 4) is 17.5 Å². The number of nitriles is 1. The van der Waals surface area contributed by atoms with Crippen molar-refractivity contribution in [2.45, 2.75) is 13.5 Å². The van der Waals surface area contributed by atoms with Crippen molar-refractivity contribution in [3.63, 3.8) is 0 Å². The van der Waals surface area contributed by atoms with Gasteiger partial charge in [0.2, 0.25) is 0 Å². The van der Waals surface area contributed by atoms with Crippen LogP contribution in [0.25, 0.3) is 11.4 Å². The minimum atomic E-state index is 0.310. The molecule has 0 amide bonds. The van der Waals surface area contributed by atoms with Crippen LogP contribution in [0.5, 0.6) is 0 Å². The molecule has 0 saturated carbocycles. The lowest BCUT2D eigenvalue weighted by molar-refractivity contribution is 0.749. The highest BCUT2D eigenvalue weighted by Gasteiger charge is 2.12. The van der Waals surface area contributed by atoms with E-state index >= 15 is 0 Å². The zero-order chi connectivity index (χ0) is 15.5. The summed E-state index contributed by atoms with van der Waals surface area (Å²) in [6.07, 6.45) is 8.05. The van der Waals surface area contributed by atoms with Crippen LogP contribution in [0.15, 0.2) is 31.0 Å². The molecule has 0 aliphatic rings. The molecule has 3 aromatic heterocycles. The Morgan fingerprint density at radius 1 is 1.14 bits per heavy atom. The van der Waals surface area contributed by atoms with Gasteiger partial charge in [0.25, 0.3) is 0 Å². The van der Waals surface area contributed by atoms with Gasteiger partial charge in [-0.05, 0) is 6.92 Å². The number of hydrogen-bond acceptors (Lipinski definition) is 6. The molecule has 0 fully saturated rings. The fourth-order valence-electron chi connectivity index (χ4n) is 1.90. The van der Waals surface area contributed by atoms with E-state index in [4.69, 9.17) is 16.9 Å². The molecule has 3 rings (SSSR count). The minimum Gasteiger partial charge on any atom is -0.322 e. The van der Waals surface area contributed by atoms with E-state index in [1.54, 1.807) is 30.1 Å². The third kappa shape index (κ3) is 2.92. The van der Waals surface area contributed by atoms with Gasteiger partial charge in [0, 0.05) is 31.0 Å². The Kier molecular flexibility index (Phi) is 3.76. The number of imidazole rings is 1. The van der Waals surface area contributed by atoms with Gasteiger partial charge in [-0.2, -0.15) is 5.26 Å². The number of nitrogens with zero attached hydrogens (tertiary/aromatic N) is 7. The van der Waals surface area contributed by atoms with Crippen LogP contribution in [0.2, 0.25) is 5.02 Å². The van der Waals surface area contributed by atoms with Gasteiger partial charge in [-0.1, -0.05) is 11.6 Å². The molecule has 3 aromatic rings. The summed E-state index contributed by atoms with van der Waals surface area (Å²) in [5.41, 5.74) is 1.03. The summed E-state index contributed by atoms with van der Waals surface area (Å²) in [6, 6.07) is 2.03. The monoisotopic (exact) mass is 311 g/mol. The van der Waals surface area contributed by atoms with E-state index in [-0.39, 0.29) is 0 Å². The van der Waals surface area contributed by atoms with Crippen LogP contribution >= 0.6 is 11.6 Å². The number of rotatable bonds is 3. The average Bonchev–Trinajstić information content (AvgIpc) is 2.93. The maximum atomic E-state index is 9.06. The molecule has 0 saturated heterocycles. The zero-order valence-electron chi connectivity index (χ0n) is 11.6. The predicted octanol–water partition coefficient (Wildman–Crippen LogP) is 2.01. The first-order valence-corrected chi connectivity index (χ1v) is 6.76. The van der Waals surface area contributed by atoms with Crippen LogP contribution in [0.1, 0.15) is 17.3 Å². The van der Waals surface area contributed by atoms with Crippen LogP contribution in [0.4, 0.5) is 0 Å². The van der Waals surface area contributed by atoms with Gasteiger partial charge in [-0.25, -0.2) is 24.9 Å². The molecule has 0 aromatic carbocycles. The summed E-state index contributed by atoms with van der Waals surface area (Å²) in [5, 5.41) is 9.53. The van der Waals surface area contributed by atoms with Crippen LogP contribution in [0, 0.1) is 18.3 Å². The van der Waals surface area contributed by atoms with Crippen LogP contribution in [-0.2, 0) is 6.54 Å². The van der Waals surface area contributed by atoms with E-state index in [1.807, 2.05) is 6.07 Å². The first-order chi connectivity index (χ1) is 10.7. The lowest BCUT2D eigenvalue weighted by Gasteiger charge is -2.06. The fourth-order valence-corrected chi connectivity index (χ4v) is 2.00. The minimum absolute atomic E-state index is 0.310. The molecule has 7 nitrogen and oxygen atoms in total. The summed E-state index contributed by atoms with van der Waals surface area (Å²) in [6.45, 7) is 2.17. The standard InChI is InChI=1S/C14H10ClN7/c1-9-17-3-10(4-18-9)14-21-12(2-16)7-22(14)8-13-19-5-11(15)6-20-13/h3-7H,8H2,1H3. The fraction of sp³-hybridized carbons (Fsp3) is 0.143. The third-order valence-corrected chi connectivity index (χ3v) is 3.11. The Hall–Kier alpha value is -2.85. The van der Waals surface area contributed by atoms with Crippen molar-refractivity contribution in [2.24, 2.45) is 0 Å². The Balaban J connectivity index is 2.00. The zero-order valence-corrected chi connectivity index (χ0v) is 12.4. The van der Waals surface area contributed by atoms with E-state index in [9.17, 15) is 0 Å². The van der Waals surface area contributed by atoms with Crippen molar-refractivity contribution >= 4 is 11.6 Å². The van der Waals surface area contributed by atoms with E-state index in [0.717, 1.165) is 5.56 Å². The number of hydrogen-bond donors (Lipinski definition) is 0. The van der Waals surface area contributed by atoms with Gasteiger partial charge in [-0.3, -0.25) is 0 Å². The normalized spacial score (nSPS) is 10.4. The molecule has 0 bridgehead atoms. The summed E-state index contributed by atoms with van der Waals surface area (Å²) in [4.78, 5) is 20.9. The molecule has 0 N–H and O–H groups in total. The van der Waals surface area contributed by atoms with Gasteiger partial charge in [0.15, 0.2) is 5.69 Å². The third-order valence-electron chi connectivity index (χ3n) is 2.92. The summed E-state index contributed by atoms with van der Waals surface area (Å²) < 4.78 is 1.79. The molecule has 0 spiro atoms. The topological polar surface area (TPSA) is 93.2 Å². The molecule has 0 radical (unpaired) electrons. The second-order valence-corrected chi connectivity index (χ2v) is 4.96. The lowest BCUT2D eigenvalue weighted by atomic mass is 10.3. The number of aromatic nitrogens is 6. The van der Waals surface area contributed by atoms with Crippen LogP contribution < -0.4 is 0 Å². The van der Waals surface area contributed by atoms with E-state index in [0.29, 0.717) is 34.7 Å². The molecule has 8 heteroatoms. The van der Waals surface area contributed by atoms with Gasteiger partial charge in [-0.15, -0.1) is 0 Å². The van der Waals surface area contributed by atoms with Crippen LogP contribution in [0.3, 0.4) is 0 Å². The van der Waals surface area contributed by atoms with E-state index < -0.39 is 0 Å². The number of halogens is 1. The second kappa shape index (κ2) is 5.87. The molecule has 0 aliphatic carbocycles. The maximum Gasteiger partial charge on any atom is 0.159 e. The molecule has 0 aliphatic heterocycles. The van der Waals surface area contributed by atoms with Crippen molar-refractivity contribution < 1.29 is 0 Å². The number of aryl methyl sites for hydroxylation is 1. The van der Waals surface area contributed by atoms with Crippen molar-refractivity contribution in [3.05, 3.63) is 53.3 Å². The van der Waals surface area contributed by atoms with Gasteiger partial charge in [0.05, 0.1) is 17.1 Å². The van der Waals surface area contributed by atoms with Crippen molar-refractivity contribution in [1.82, 2.24) is 29.5 Å². The largest absolute Gasteiger partial charge is 0.322 e. The summed E-state index contributed by atoms with van der Waals surface area (Å²) in [7, 11) is 0. The highest BCUT2D eigenvalue weighted by molar-refractivity contribution is 6.30. The molecule has 0 atom stereocenters. The average molecular weight is 312 g/mol. The maximum absolute atomic E-state index is 9.06. The predicted molar refractivity (Wildman–Crippen MR) is 78.8 cm³/mol. The van der Waals surface area contributed by atoms with Gasteiger partial charge >= 0.3 is 0 Å². The molecule has 108 valence electrons. The van der Waals surface area contributed by atoms with Gasteiger partial charge < -0.3 is 4.57 Å². The molecule has 22 heavy (non-hydrogen) atoms. The Bertz CT molecular complexity index is 831. The van der Waals surface area contributed by atoms with Gasteiger partial charge in [0.1, 0.15) is 23.5 Å². The summed E-state index contributed by atoms with van der Waals surface area (Å²) in [5.74, 6) is 1.83. The molecular formula is C14H10ClN7. The smallest absolute Gasteiger partial charge is 0.159 e. The molecular weight excluding hydrogens is 302 g/mol. The van der Waals surface area contributed by atoms with E-state index in [1.165, 1.54) is 12.4 Å². The Labute approximate surface area is 131 Å². The first-order valence-electron chi connectivity index (χ1n) is 6.38. The van der Waals surface area contributed by atoms with Crippen molar-refractivity contribution in [1.29, 1.82) is 5.26 Å². The first kappa shape index (κ1) is 14.1. The quantitative estimate of drug-likeness (QED) is 0.734. The second-order valence-electron chi connectivity index (χ2n) is 4.53. The Morgan fingerprint density at radius 3 is 2.45 bits per heavy atom. The van der Waals surface area contributed by atoms with Crippen LogP contribution in [-0.4, -0.2) is 29.5 Å². The highest BCUT2D eigenvalue weighted by atomic mass is 35.5. The lowest BCUT2D eigenvalue weighted by Crippen LogP contribution is -2.05. The molecule has 3 heterocycles. The molecule has 0 unspecified atom stereocenters. The van der Waals surface area contributed by atoms with E-state index in [2.05, 4.69) is 24.9 Å². The Morgan fingerprint density at radius 2 is 1.82 bits per heavy atom. The summed E-state index contributed by atoms with van der Waals surface area (Å²) >= 11 is 5.78.